The zero-order valence-corrected chi connectivity index (χ0v) is 15.5. The zero-order valence-electron chi connectivity index (χ0n) is 15.5. The van der Waals surface area contributed by atoms with Crippen LogP contribution in [0.15, 0.2) is 48.8 Å². The standard InChI is InChI=1S/C21H27N3O2/c1-16-11-17(2)14-23(13-16)15-19-5-3-18(4-6-19)12-22-21(25)20-7-9-24(26)10-8-20/h3-10,16-17H,11-15H2,1-2H3,(H,22,25). The van der Waals surface area contributed by atoms with Crippen LogP contribution < -0.4 is 10.0 Å². The number of nitrogens with zero attached hydrogens (tertiary/aromatic N) is 2. The van der Waals surface area contributed by atoms with Crippen LogP contribution in [-0.2, 0) is 13.1 Å². The minimum atomic E-state index is -0.175. The number of benzene rings is 1. The SMILES string of the molecule is CC1CC(C)CN(Cc2ccc(CNC(=O)c3cc[n+]([O-])cc3)cc2)C1. The van der Waals surface area contributed by atoms with E-state index in [0.717, 1.165) is 23.9 Å². The van der Waals surface area contributed by atoms with Gasteiger partial charge in [0.2, 0.25) is 0 Å². The van der Waals surface area contributed by atoms with Gasteiger partial charge in [-0.3, -0.25) is 9.69 Å². The molecule has 2 atom stereocenters. The first kappa shape index (κ1) is 18.4. The van der Waals surface area contributed by atoms with Crippen LogP contribution in [0.5, 0.6) is 0 Å². The molecule has 1 aromatic carbocycles. The van der Waals surface area contributed by atoms with Crippen molar-refractivity contribution < 1.29 is 9.52 Å². The Balaban J connectivity index is 1.51. The number of rotatable bonds is 5. The molecule has 0 bridgehead atoms. The molecule has 2 heterocycles. The minimum absolute atomic E-state index is 0.175. The van der Waals surface area contributed by atoms with E-state index in [0.29, 0.717) is 16.8 Å². The number of pyridine rings is 1. The number of hydrogen-bond acceptors (Lipinski definition) is 3. The van der Waals surface area contributed by atoms with Crippen molar-refractivity contribution in [3.05, 3.63) is 70.7 Å². The van der Waals surface area contributed by atoms with Crippen LogP contribution in [0.3, 0.4) is 0 Å². The molecule has 0 saturated carbocycles. The summed E-state index contributed by atoms with van der Waals surface area (Å²) >= 11 is 0. The summed E-state index contributed by atoms with van der Waals surface area (Å²) in [5.74, 6) is 1.36. The highest BCUT2D eigenvalue weighted by Gasteiger charge is 2.21. The Bertz CT molecular complexity index is 718. The minimum Gasteiger partial charge on any atom is -0.619 e. The van der Waals surface area contributed by atoms with E-state index in [1.165, 1.54) is 49.6 Å². The fourth-order valence-corrected chi connectivity index (χ4v) is 3.79. The van der Waals surface area contributed by atoms with Crippen molar-refractivity contribution in [2.75, 3.05) is 13.1 Å². The molecule has 0 spiro atoms. The van der Waals surface area contributed by atoms with Gasteiger partial charge in [0, 0.05) is 38.3 Å². The van der Waals surface area contributed by atoms with Crippen molar-refractivity contribution in [2.24, 2.45) is 11.8 Å². The van der Waals surface area contributed by atoms with Gasteiger partial charge in [-0.25, -0.2) is 0 Å². The first-order valence-electron chi connectivity index (χ1n) is 9.27. The molecule has 1 aliphatic rings. The highest BCUT2D eigenvalue weighted by Crippen LogP contribution is 2.22. The molecule has 1 N–H and O–H groups in total. The van der Waals surface area contributed by atoms with Gasteiger partial charge in [-0.15, -0.1) is 0 Å². The lowest BCUT2D eigenvalue weighted by Crippen LogP contribution is -2.38. The molecular weight excluding hydrogens is 326 g/mol. The molecule has 1 fully saturated rings. The van der Waals surface area contributed by atoms with Crippen LogP contribution in [0.2, 0.25) is 0 Å². The first-order valence-corrected chi connectivity index (χ1v) is 9.27. The lowest BCUT2D eigenvalue weighted by molar-refractivity contribution is -0.605. The molecule has 1 aliphatic heterocycles. The topological polar surface area (TPSA) is 59.3 Å². The number of piperidine rings is 1. The summed E-state index contributed by atoms with van der Waals surface area (Å²) in [5, 5.41) is 13.9. The number of likely N-dealkylation sites (tertiary alicyclic amines) is 1. The van der Waals surface area contributed by atoms with Crippen molar-refractivity contribution >= 4 is 5.91 Å². The summed E-state index contributed by atoms with van der Waals surface area (Å²) in [7, 11) is 0. The van der Waals surface area contributed by atoms with Gasteiger partial charge in [0.25, 0.3) is 5.91 Å². The summed E-state index contributed by atoms with van der Waals surface area (Å²) < 4.78 is 0.666. The quantitative estimate of drug-likeness (QED) is 0.664. The Hall–Kier alpha value is -2.40. The molecule has 3 rings (SSSR count). The second kappa shape index (κ2) is 8.32. The maximum absolute atomic E-state index is 12.1. The molecular formula is C21H27N3O2. The molecule has 1 aromatic heterocycles. The average molecular weight is 353 g/mol. The number of aromatic nitrogens is 1. The summed E-state index contributed by atoms with van der Waals surface area (Å²) in [6.45, 7) is 8.46. The van der Waals surface area contributed by atoms with Crippen molar-refractivity contribution in [1.29, 1.82) is 0 Å². The van der Waals surface area contributed by atoms with Crippen LogP contribution in [0, 0.1) is 17.0 Å². The van der Waals surface area contributed by atoms with E-state index in [9.17, 15) is 10.0 Å². The van der Waals surface area contributed by atoms with E-state index < -0.39 is 0 Å². The van der Waals surface area contributed by atoms with Crippen molar-refractivity contribution in [2.45, 2.75) is 33.4 Å². The number of carbonyl (C=O) groups excluding carboxylic acids is 1. The predicted molar refractivity (Wildman–Crippen MR) is 101 cm³/mol. The molecule has 0 radical (unpaired) electrons. The fourth-order valence-electron chi connectivity index (χ4n) is 3.79. The largest absolute Gasteiger partial charge is 0.619 e. The molecule has 26 heavy (non-hydrogen) atoms. The predicted octanol–water partition coefficient (Wildman–Crippen LogP) is 2.73. The highest BCUT2D eigenvalue weighted by atomic mass is 16.5. The van der Waals surface area contributed by atoms with E-state index in [2.05, 4.69) is 48.3 Å². The van der Waals surface area contributed by atoms with Crippen LogP contribution in [0.4, 0.5) is 0 Å². The third-order valence-electron chi connectivity index (χ3n) is 4.89. The molecule has 5 heteroatoms. The van der Waals surface area contributed by atoms with Gasteiger partial charge in [0.1, 0.15) is 0 Å². The number of carbonyl (C=O) groups is 1. The summed E-state index contributed by atoms with van der Waals surface area (Å²) in [6.07, 6.45) is 3.98. The zero-order chi connectivity index (χ0) is 18.5. The van der Waals surface area contributed by atoms with Gasteiger partial charge in [-0.1, -0.05) is 38.1 Å². The fraction of sp³-hybridized carbons (Fsp3) is 0.429. The molecule has 138 valence electrons. The van der Waals surface area contributed by atoms with Crippen molar-refractivity contribution in [3.8, 4) is 0 Å². The maximum Gasteiger partial charge on any atom is 0.252 e. The lowest BCUT2D eigenvalue weighted by atomic mass is 9.91. The van der Waals surface area contributed by atoms with Crippen LogP contribution >= 0.6 is 0 Å². The Morgan fingerprint density at radius 3 is 2.27 bits per heavy atom. The van der Waals surface area contributed by atoms with Crippen LogP contribution in [-0.4, -0.2) is 23.9 Å². The number of amides is 1. The molecule has 2 aromatic rings. The van der Waals surface area contributed by atoms with Gasteiger partial charge in [-0.2, -0.15) is 4.73 Å². The van der Waals surface area contributed by atoms with Gasteiger partial charge in [0.05, 0.1) is 5.56 Å². The van der Waals surface area contributed by atoms with Gasteiger partial charge >= 0.3 is 0 Å². The Morgan fingerprint density at radius 2 is 1.65 bits per heavy atom. The van der Waals surface area contributed by atoms with Crippen LogP contribution in [0.25, 0.3) is 0 Å². The van der Waals surface area contributed by atoms with Gasteiger partial charge in [0.15, 0.2) is 12.4 Å². The summed E-state index contributed by atoms with van der Waals surface area (Å²) in [5.41, 5.74) is 2.86. The van der Waals surface area contributed by atoms with Crippen molar-refractivity contribution in [3.63, 3.8) is 0 Å². The maximum atomic E-state index is 12.1. The molecule has 5 nitrogen and oxygen atoms in total. The lowest BCUT2D eigenvalue weighted by Gasteiger charge is -2.35. The second-order valence-corrected chi connectivity index (χ2v) is 7.59. The van der Waals surface area contributed by atoms with E-state index in [1.54, 1.807) is 0 Å². The van der Waals surface area contributed by atoms with E-state index >= 15 is 0 Å². The van der Waals surface area contributed by atoms with E-state index in [-0.39, 0.29) is 5.91 Å². The van der Waals surface area contributed by atoms with E-state index in [1.807, 2.05) is 0 Å². The Morgan fingerprint density at radius 1 is 1.08 bits per heavy atom. The molecule has 1 saturated heterocycles. The highest BCUT2D eigenvalue weighted by molar-refractivity contribution is 5.93. The normalized spacial score (nSPS) is 20.7. The van der Waals surface area contributed by atoms with E-state index in [4.69, 9.17) is 0 Å². The Kier molecular flexibility index (Phi) is 5.89. The number of hydrogen-bond donors (Lipinski definition) is 1. The van der Waals surface area contributed by atoms with Crippen LogP contribution in [0.1, 0.15) is 41.8 Å². The van der Waals surface area contributed by atoms with Gasteiger partial charge < -0.3 is 10.5 Å². The first-order chi connectivity index (χ1) is 12.5. The third-order valence-corrected chi connectivity index (χ3v) is 4.89. The second-order valence-electron chi connectivity index (χ2n) is 7.59. The monoisotopic (exact) mass is 353 g/mol. The average Bonchev–Trinajstić information content (AvgIpc) is 2.60. The molecule has 2 unspecified atom stereocenters. The van der Waals surface area contributed by atoms with Crippen molar-refractivity contribution in [1.82, 2.24) is 10.2 Å². The molecule has 0 aliphatic carbocycles. The molecule has 1 amide bonds. The summed E-state index contributed by atoms with van der Waals surface area (Å²) in [6, 6.07) is 11.5. The van der Waals surface area contributed by atoms with Gasteiger partial charge in [-0.05, 0) is 29.4 Å². The Labute approximate surface area is 155 Å². The number of nitrogens with one attached hydrogen (secondary N) is 1. The third kappa shape index (κ3) is 5.05. The summed E-state index contributed by atoms with van der Waals surface area (Å²) in [4.78, 5) is 14.6. The smallest absolute Gasteiger partial charge is 0.252 e.